The Balaban J connectivity index is 1.57. The Labute approximate surface area is 199 Å². The number of methoxy groups -OCH3 is 1. The molecule has 0 aliphatic carbocycles. The summed E-state index contributed by atoms with van der Waals surface area (Å²) in [6.45, 7) is 3.19. The number of morpholine rings is 1. The molecule has 0 atom stereocenters. The Morgan fingerprint density at radius 3 is 2.50 bits per heavy atom. The highest BCUT2D eigenvalue weighted by Gasteiger charge is 2.19. The lowest BCUT2D eigenvalue weighted by Gasteiger charge is -2.28. The van der Waals surface area contributed by atoms with Crippen LogP contribution in [0, 0.1) is 0 Å². The Morgan fingerprint density at radius 1 is 1.12 bits per heavy atom. The van der Waals surface area contributed by atoms with Crippen molar-refractivity contribution in [2.75, 3.05) is 70.4 Å². The minimum absolute atomic E-state index is 0.0346. The maximum Gasteiger partial charge on any atom is 0.254 e. The van der Waals surface area contributed by atoms with Crippen molar-refractivity contribution in [3.8, 4) is 0 Å². The van der Waals surface area contributed by atoms with Gasteiger partial charge < -0.3 is 24.6 Å². The van der Waals surface area contributed by atoms with Crippen molar-refractivity contribution in [3.63, 3.8) is 0 Å². The molecule has 0 unspecified atom stereocenters. The molecular weight excluding hydrogens is 460 g/mol. The van der Waals surface area contributed by atoms with E-state index in [0.717, 1.165) is 18.8 Å². The third-order valence-corrected chi connectivity index (χ3v) is 6.70. The van der Waals surface area contributed by atoms with E-state index < -0.39 is 15.9 Å². The summed E-state index contributed by atoms with van der Waals surface area (Å²) >= 11 is 0. The Hall–Kier alpha value is -2.99. The summed E-state index contributed by atoms with van der Waals surface area (Å²) < 4.78 is 37.4. The summed E-state index contributed by atoms with van der Waals surface area (Å²) in [7, 11) is -0.820. The van der Waals surface area contributed by atoms with Crippen LogP contribution < -0.4 is 14.9 Å². The Bertz CT molecular complexity index is 1080. The van der Waals surface area contributed by atoms with Crippen molar-refractivity contribution in [2.45, 2.75) is 4.90 Å². The first-order valence-corrected chi connectivity index (χ1v) is 12.4. The monoisotopic (exact) mass is 490 g/mol. The number of anilines is 2. The van der Waals surface area contributed by atoms with Gasteiger partial charge in [-0.15, -0.1) is 0 Å². The number of ether oxygens (including phenoxy) is 2. The molecule has 0 radical (unpaired) electrons. The highest BCUT2D eigenvalue weighted by atomic mass is 32.2. The second-order valence-corrected chi connectivity index (χ2v) is 9.54. The van der Waals surface area contributed by atoms with Crippen LogP contribution in [0.2, 0.25) is 0 Å². The van der Waals surface area contributed by atoms with Crippen LogP contribution in [0.1, 0.15) is 10.4 Å². The average molecular weight is 491 g/mol. The van der Waals surface area contributed by atoms with Crippen LogP contribution in [0.15, 0.2) is 53.4 Å². The first kappa shape index (κ1) is 25.6. The van der Waals surface area contributed by atoms with E-state index in [2.05, 4.69) is 14.9 Å². The molecule has 2 aromatic rings. The molecule has 2 aromatic carbocycles. The molecule has 1 saturated heterocycles. The molecule has 184 valence electrons. The zero-order chi connectivity index (χ0) is 24.6. The summed E-state index contributed by atoms with van der Waals surface area (Å²) in [5.41, 5.74) is 1.85. The van der Waals surface area contributed by atoms with E-state index in [-0.39, 0.29) is 36.1 Å². The molecule has 1 aliphatic heterocycles. The van der Waals surface area contributed by atoms with Crippen LogP contribution >= 0.6 is 0 Å². The minimum Gasteiger partial charge on any atom is -0.383 e. The lowest BCUT2D eigenvalue weighted by atomic mass is 10.2. The van der Waals surface area contributed by atoms with Crippen LogP contribution in [0.5, 0.6) is 0 Å². The van der Waals surface area contributed by atoms with Gasteiger partial charge in [0.2, 0.25) is 15.9 Å². The van der Waals surface area contributed by atoms with E-state index in [1.54, 1.807) is 0 Å². The number of hydrogen-bond acceptors (Lipinski definition) is 7. The van der Waals surface area contributed by atoms with Gasteiger partial charge in [0.1, 0.15) is 0 Å². The van der Waals surface area contributed by atoms with Gasteiger partial charge in [-0.05, 0) is 42.5 Å². The zero-order valence-electron chi connectivity index (χ0n) is 19.3. The predicted molar refractivity (Wildman–Crippen MR) is 129 cm³/mol. The number of benzene rings is 2. The first-order valence-electron chi connectivity index (χ1n) is 10.9. The SMILES string of the molecule is COCCNS(=O)(=O)c1cccc(C(=O)N(C)CC(=O)Nc2ccc(N3CCOCC3)cc2)c1. The molecule has 0 aromatic heterocycles. The number of nitrogens with one attached hydrogen (secondary N) is 2. The van der Waals surface area contributed by atoms with Crippen molar-refractivity contribution in [2.24, 2.45) is 0 Å². The molecule has 3 rings (SSSR count). The van der Waals surface area contributed by atoms with Gasteiger partial charge in [0.05, 0.1) is 31.3 Å². The van der Waals surface area contributed by atoms with Crippen molar-refractivity contribution >= 4 is 33.2 Å². The number of carbonyl (C=O) groups excluding carboxylic acids is 2. The topological polar surface area (TPSA) is 117 Å². The highest BCUT2D eigenvalue weighted by molar-refractivity contribution is 7.89. The molecule has 0 spiro atoms. The quantitative estimate of drug-likeness (QED) is 0.480. The fourth-order valence-electron chi connectivity index (χ4n) is 3.44. The van der Waals surface area contributed by atoms with E-state index in [0.29, 0.717) is 18.9 Å². The van der Waals surface area contributed by atoms with E-state index in [1.807, 2.05) is 24.3 Å². The molecule has 11 heteroatoms. The number of likely N-dealkylation sites (N-methyl/N-ethyl adjacent to an activating group) is 1. The summed E-state index contributed by atoms with van der Waals surface area (Å²) in [6.07, 6.45) is 0. The van der Waals surface area contributed by atoms with Gasteiger partial charge in [0.15, 0.2) is 0 Å². The van der Waals surface area contributed by atoms with E-state index in [4.69, 9.17) is 9.47 Å². The lowest BCUT2D eigenvalue weighted by Crippen LogP contribution is -2.36. The van der Waals surface area contributed by atoms with Gasteiger partial charge in [-0.1, -0.05) is 6.07 Å². The zero-order valence-corrected chi connectivity index (χ0v) is 20.1. The van der Waals surface area contributed by atoms with Crippen molar-refractivity contribution in [1.82, 2.24) is 9.62 Å². The van der Waals surface area contributed by atoms with E-state index >= 15 is 0 Å². The molecule has 0 bridgehead atoms. The minimum atomic E-state index is -3.78. The summed E-state index contributed by atoms with van der Waals surface area (Å²) in [5.74, 6) is -0.827. The fraction of sp³-hybridized carbons (Fsp3) is 0.391. The Morgan fingerprint density at radius 2 is 1.82 bits per heavy atom. The number of carbonyl (C=O) groups is 2. The maximum absolute atomic E-state index is 12.8. The number of sulfonamides is 1. The largest absolute Gasteiger partial charge is 0.383 e. The van der Waals surface area contributed by atoms with Gasteiger partial charge in [-0.2, -0.15) is 0 Å². The fourth-order valence-corrected chi connectivity index (χ4v) is 4.50. The first-order chi connectivity index (χ1) is 16.3. The van der Waals surface area contributed by atoms with Crippen LogP contribution in [-0.2, 0) is 24.3 Å². The standard InChI is InChI=1S/C23H30N4O6S/c1-26(23(29)18-4-3-5-21(16-18)34(30,31)24-10-13-32-2)17-22(28)25-19-6-8-20(9-7-19)27-11-14-33-15-12-27/h3-9,16,24H,10-15,17H2,1-2H3,(H,25,28). The van der Waals surface area contributed by atoms with Crippen LogP contribution in [-0.4, -0.2) is 85.3 Å². The van der Waals surface area contributed by atoms with E-state index in [1.165, 1.54) is 43.3 Å². The Kier molecular flexibility index (Phi) is 8.99. The van der Waals surface area contributed by atoms with Crippen LogP contribution in [0.25, 0.3) is 0 Å². The second-order valence-electron chi connectivity index (χ2n) is 7.77. The number of amides is 2. The third-order valence-electron chi connectivity index (χ3n) is 5.24. The summed E-state index contributed by atoms with van der Waals surface area (Å²) in [6, 6.07) is 13.2. The van der Waals surface area contributed by atoms with E-state index in [9.17, 15) is 18.0 Å². The normalized spacial score (nSPS) is 14.0. The molecule has 2 N–H and O–H groups in total. The molecule has 10 nitrogen and oxygen atoms in total. The highest BCUT2D eigenvalue weighted by Crippen LogP contribution is 2.19. The predicted octanol–water partition coefficient (Wildman–Crippen LogP) is 1.16. The summed E-state index contributed by atoms with van der Waals surface area (Å²) in [4.78, 5) is 28.7. The van der Waals surface area contributed by atoms with Gasteiger partial charge in [0, 0.05) is 50.7 Å². The van der Waals surface area contributed by atoms with Gasteiger partial charge in [0.25, 0.3) is 5.91 Å². The summed E-state index contributed by atoms with van der Waals surface area (Å²) in [5, 5.41) is 2.78. The molecular formula is C23H30N4O6S. The molecule has 1 heterocycles. The number of nitrogens with zero attached hydrogens (tertiary/aromatic N) is 2. The van der Waals surface area contributed by atoms with Crippen molar-refractivity contribution < 1.29 is 27.5 Å². The molecule has 1 aliphatic rings. The number of rotatable bonds is 10. The van der Waals surface area contributed by atoms with Crippen molar-refractivity contribution in [1.29, 1.82) is 0 Å². The van der Waals surface area contributed by atoms with Crippen LogP contribution in [0.4, 0.5) is 11.4 Å². The van der Waals surface area contributed by atoms with Crippen molar-refractivity contribution in [3.05, 3.63) is 54.1 Å². The lowest BCUT2D eigenvalue weighted by molar-refractivity contribution is -0.116. The molecule has 2 amide bonds. The average Bonchev–Trinajstić information content (AvgIpc) is 2.84. The van der Waals surface area contributed by atoms with Gasteiger partial charge >= 0.3 is 0 Å². The van der Waals surface area contributed by atoms with Gasteiger partial charge in [-0.3, -0.25) is 9.59 Å². The van der Waals surface area contributed by atoms with Gasteiger partial charge in [-0.25, -0.2) is 13.1 Å². The number of hydrogen-bond donors (Lipinski definition) is 2. The molecule has 0 saturated carbocycles. The molecule has 34 heavy (non-hydrogen) atoms. The maximum atomic E-state index is 12.8. The smallest absolute Gasteiger partial charge is 0.254 e. The van der Waals surface area contributed by atoms with Crippen LogP contribution in [0.3, 0.4) is 0 Å². The third kappa shape index (κ3) is 7.00. The second kappa shape index (κ2) is 11.9. The molecule has 1 fully saturated rings.